The van der Waals surface area contributed by atoms with Gasteiger partial charge in [0, 0.05) is 5.69 Å². The zero-order chi connectivity index (χ0) is 9.80. The molecule has 0 aliphatic rings. The fourth-order valence-corrected chi connectivity index (χ4v) is 1.49. The number of aromatic nitrogens is 1. The van der Waals surface area contributed by atoms with Crippen molar-refractivity contribution in [3.05, 3.63) is 53.1 Å². The molecular formula is C11H9BrN2. The summed E-state index contributed by atoms with van der Waals surface area (Å²) in [5.74, 6) is 0.838. The third-order valence-electron chi connectivity index (χ3n) is 1.76. The molecule has 0 atom stereocenters. The van der Waals surface area contributed by atoms with Crippen LogP contribution in [-0.4, -0.2) is 4.98 Å². The number of anilines is 2. The van der Waals surface area contributed by atoms with Crippen molar-refractivity contribution in [3.8, 4) is 0 Å². The zero-order valence-corrected chi connectivity index (χ0v) is 9.03. The van der Waals surface area contributed by atoms with Gasteiger partial charge < -0.3 is 5.32 Å². The summed E-state index contributed by atoms with van der Waals surface area (Å²) < 4.78 is 0.832. The molecule has 1 heterocycles. The first-order valence-corrected chi connectivity index (χ1v) is 5.08. The van der Waals surface area contributed by atoms with Gasteiger partial charge in [0.25, 0.3) is 0 Å². The van der Waals surface area contributed by atoms with Crippen LogP contribution in [0.25, 0.3) is 0 Å². The molecule has 0 spiro atoms. The van der Waals surface area contributed by atoms with Crippen molar-refractivity contribution in [1.82, 2.24) is 4.98 Å². The van der Waals surface area contributed by atoms with Gasteiger partial charge in [0.15, 0.2) is 0 Å². The number of rotatable bonds is 2. The lowest BCUT2D eigenvalue weighted by Crippen LogP contribution is -1.92. The molecule has 0 radical (unpaired) electrons. The van der Waals surface area contributed by atoms with E-state index in [4.69, 9.17) is 0 Å². The lowest BCUT2D eigenvalue weighted by Gasteiger charge is -2.04. The quantitative estimate of drug-likeness (QED) is 0.822. The number of pyridine rings is 1. The molecule has 0 saturated carbocycles. The molecule has 0 amide bonds. The molecule has 3 heteroatoms. The fraction of sp³-hybridized carbons (Fsp3) is 0. The summed E-state index contributed by atoms with van der Waals surface area (Å²) in [5.41, 5.74) is 1.04. The van der Waals surface area contributed by atoms with E-state index >= 15 is 0 Å². The van der Waals surface area contributed by atoms with Crippen LogP contribution in [0.15, 0.2) is 53.1 Å². The van der Waals surface area contributed by atoms with Gasteiger partial charge in [-0.15, -0.1) is 0 Å². The van der Waals surface area contributed by atoms with E-state index in [1.807, 2.05) is 48.5 Å². The standard InChI is InChI=1S/C11H9BrN2/c12-10-7-4-8-11(14-10)13-9-5-2-1-3-6-9/h1-8H,(H,13,14). The maximum absolute atomic E-state index is 4.27. The van der Waals surface area contributed by atoms with Crippen molar-refractivity contribution in [3.63, 3.8) is 0 Å². The van der Waals surface area contributed by atoms with Gasteiger partial charge in [0.2, 0.25) is 0 Å². The Morgan fingerprint density at radius 2 is 1.71 bits per heavy atom. The largest absolute Gasteiger partial charge is 0.340 e. The molecule has 14 heavy (non-hydrogen) atoms. The SMILES string of the molecule is Brc1cccc(Nc2ccccc2)n1. The lowest BCUT2D eigenvalue weighted by atomic mass is 10.3. The van der Waals surface area contributed by atoms with Gasteiger partial charge in [-0.25, -0.2) is 4.98 Å². The van der Waals surface area contributed by atoms with Crippen molar-refractivity contribution in [2.24, 2.45) is 0 Å². The highest BCUT2D eigenvalue weighted by atomic mass is 79.9. The molecule has 70 valence electrons. The highest BCUT2D eigenvalue weighted by Gasteiger charge is 1.94. The van der Waals surface area contributed by atoms with Gasteiger partial charge in [-0.1, -0.05) is 24.3 Å². The van der Waals surface area contributed by atoms with Crippen LogP contribution >= 0.6 is 15.9 Å². The third-order valence-corrected chi connectivity index (χ3v) is 2.20. The lowest BCUT2D eigenvalue weighted by molar-refractivity contribution is 1.26. The van der Waals surface area contributed by atoms with E-state index in [0.717, 1.165) is 16.1 Å². The summed E-state index contributed by atoms with van der Waals surface area (Å²) in [7, 11) is 0. The van der Waals surface area contributed by atoms with Gasteiger partial charge in [-0.3, -0.25) is 0 Å². The molecule has 2 rings (SSSR count). The minimum Gasteiger partial charge on any atom is -0.340 e. The van der Waals surface area contributed by atoms with Gasteiger partial charge in [-0.2, -0.15) is 0 Å². The summed E-state index contributed by atoms with van der Waals surface area (Å²) in [6.07, 6.45) is 0. The van der Waals surface area contributed by atoms with E-state index in [9.17, 15) is 0 Å². The van der Waals surface area contributed by atoms with Gasteiger partial charge in [-0.05, 0) is 40.2 Å². The Balaban J connectivity index is 2.19. The normalized spacial score (nSPS) is 9.79. The number of hydrogen-bond donors (Lipinski definition) is 1. The molecule has 1 aromatic heterocycles. The Bertz CT molecular complexity index is 415. The maximum Gasteiger partial charge on any atom is 0.131 e. The van der Waals surface area contributed by atoms with Crippen molar-refractivity contribution in [1.29, 1.82) is 0 Å². The average Bonchev–Trinajstić information content (AvgIpc) is 2.19. The summed E-state index contributed by atoms with van der Waals surface area (Å²) >= 11 is 3.32. The molecule has 0 unspecified atom stereocenters. The smallest absolute Gasteiger partial charge is 0.131 e. The number of para-hydroxylation sites is 1. The van der Waals surface area contributed by atoms with E-state index < -0.39 is 0 Å². The fourth-order valence-electron chi connectivity index (χ4n) is 1.15. The predicted octanol–water partition coefficient (Wildman–Crippen LogP) is 3.59. The molecule has 0 aliphatic carbocycles. The first-order chi connectivity index (χ1) is 6.84. The van der Waals surface area contributed by atoms with Crippen molar-refractivity contribution in [2.45, 2.75) is 0 Å². The van der Waals surface area contributed by atoms with Crippen LogP contribution in [0.2, 0.25) is 0 Å². The Kier molecular flexibility index (Phi) is 2.79. The van der Waals surface area contributed by atoms with Crippen LogP contribution in [0.3, 0.4) is 0 Å². The number of hydrogen-bond acceptors (Lipinski definition) is 2. The molecular weight excluding hydrogens is 240 g/mol. The Hall–Kier alpha value is -1.35. The van der Waals surface area contributed by atoms with Gasteiger partial charge in [0.1, 0.15) is 10.4 Å². The Labute approximate surface area is 91.1 Å². The number of nitrogens with zero attached hydrogens (tertiary/aromatic N) is 1. The third kappa shape index (κ3) is 2.33. The van der Waals surface area contributed by atoms with Crippen LogP contribution < -0.4 is 5.32 Å². The zero-order valence-electron chi connectivity index (χ0n) is 7.44. The van der Waals surface area contributed by atoms with Crippen LogP contribution in [0.1, 0.15) is 0 Å². The second-order valence-corrected chi connectivity index (χ2v) is 3.65. The first-order valence-electron chi connectivity index (χ1n) is 4.29. The summed E-state index contributed by atoms with van der Waals surface area (Å²) in [4.78, 5) is 4.27. The maximum atomic E-state index is 4.27. The highest BCUT2D eigenvalue weighted by Crippen LogP contribution is 2.15. The Morgan fingerprint density at radius 1 is 0.929 bits per heavy atom. The molecule has 0 saturated heterocycles. The second kappa shape index (κ2) is 4.24. The van der Waals surface area contributed by atoms with E-state index in [0.29, 0.717) is 0 Å². The number of nitrogens with one attached hydrogen (secondary N) is 1. The average molecular weight is 249 g/mol. The van der Waals surface area contributed by atoms with Gasteiger partial charge >= 0.3 is 0 Å². The molecule has 2 aromatic rings. The molecule has 2 nitrogen and oxygen atoms in total. The van der Waals surface area contributed by atoms with Gasteiger partial charge in [0.05, 0.1) is 0 Å². The summed E-state index contributed by atoms with van der Waals surface area (Å²) in [6.45, 7) is 0. The molecule has 0 bridgehead atoms. The van der Waals surface area contributed by atoms with Crippen LogP contribution in [0.4, 0.5) is 11.5 Å². The predicted molar refractivity (Wildman–Crippen MR) is 61.7 cm³/mol. The van der Waals surface area contributed by atoms with Crippen molar-refractivity contribution < 1.29 is 0 Å². The number of halogens is 1. The van der Waals surface area contributed by atoms with E-state index in [1.165, 1.54) is 0 Å². The minimum atomic E-state index is 0.832. The first kappa shape index (κ1) is 9.21. The van der Waals surface area contributed by atoms with E-state index in [1.54, 1.807) is 0 Å². The molecule has 1 aromatic carbocycles. The van der Waals surface area contributed by atoms with E-state index in [2.05, 4.69) is 26.2 Å². The monoisotopic (exact) mass is 248 g/mol. The van der Waals surface area contributed by atoms with Crippen LogP contribution in [0.5, 0.6) is 0 Å². The van der Waals surface area contributed by atoms with Crippen LogP contribution in [0, 0.1) is 0 Å². The molecule has 0 fully saturated rings. The molecule has 0 aliphatic heterocycles. The second-order valence-electron chi connectivity index (χ2n) is 2.84. The highest BCUT2D eigenvalue weighted by molar-refractivity contribution is 9.10. The summed E-state index contributed by atoms with van der Waals surface area (Å²) in [5, 5.41) is 3.20. The topological polar surface area (TPSA) is 24.9 Å². The van der Waals surface area contributed by atoms with E-state index in [-0.39, 0.29) is 0 Å². The number of benzene rings is 1. The van der Waals surface area contributed by atoms with Crippen molar-refractivity contribution in [2.75, 3.05) is 5.32 Å². The minimum absolute atomic E-state index is 0.832. The van der Waals surface area contributed by atoms with Crippen molar-refractivity contribution >= 4 is 27.4 Å². The van der Waals surface area contributed by atoms with Crippen LogP contribution in [-0.2, 0) is 0 Å². The molecule has 1 N–H and O–H groups in total. The Morgan fingerprint density at radius 3 is 2.43 bits per heavy atom. The summed E-state index contributed by atoms with van der Waals surface area (Å²) in [6, 6.07) is 15.7.